The molecule has 2 unspecified atom stereocenters. The van der Waals surface area contributed by atoms with Crippen molar-refractivity contribution in [3.05, 3.63) is 0 Å². The summed E-state index contributed by atoms with van der Waals surface area (Å²) in [6.07, 6.45) is 22.2. The molecule has 0 aliphatic carbocycles. The van der Waals surface area contributed by atoms with Crippen molar-refractivity contribution in [1.29, 1.82) is 0 Å². The van der Waals surface area contributed by atoms with Crippen molar-refractivity contribution in [2.75, 3.05) is 0 Å². The monoisotopic (exact) mass is 310 g/mol. The third kappa shape index (κ3) is 2.86. The number of fused-ring (bicyclic) bond motifs is 4. The first kappa shape index (κ1) is 14.5. The van der Waals surface area contributed by atoms with Crippen LogP contribution in [0.1, 0.15) is 89.9 Å². The van der Waals surface area contributed by atoms with Gasteiger partial charge in [-0.25, -0.2) is 0 Å². The lowest BCUT2D eigenvalue weighted by molar-refractivity contribution is 0.305. The van der Waals surface area contributed by atoms with Crippen molar-refractivity contribution < 1.29 is 0 Å². The van der Waals surface area contributed by atoms with E-state index in [-0.39, 0.29) is 0 Å². The molecule has 0 aromatic rings. The van der Waals surface area contributed by atoms with Crippen LogP contribution in [0.15, 0.2) is 0 Å². The fourth-order valence-corrected chi connectivity index (χ4v) is 10.8. The van der Waals surface area contributed by atoms with E-state index < -0.39 is 0 Å². The van der Waals surface area contributed by atoms with E-state index in [0.29, 0.717) is 0 Å². The van der Waals surface area contributed by atoms with Gasteiger partial charge in [-0.15, -0.1) is 17.2 Å². The summed E-state index contributed by atoms with van der Waals surface area (Å²) in [4.78, 5) is 0. The molecule has 4 aliphatic rings. The zero-order chi connectivity index (χ0) is 13.5. The summed E-state index contributed by atoms with van der Waals surface area (Å²) in [5.41, 5.74) is 2.31. The topological polar surface area (TPSA) is 0 Å². The molecule has 4 bridgehead atoms. The van der Waals surface area contributed by atoms with E-state index in [1.807, 2.05) is 0 Å². The van der Waals surface area contributed by atoms with Gasteiger partial charge in [0.05, 0.1) is 0 Å². The molecule has 2 atom stereocenters. The summed E-state index contributed by atoms with van der Waals surface area (Å²) in [6.45, 7) is 0. The third-order valence-electron chi connectivity index (χ3n) is 6.93. The predicted molar refractivity (Wildman–Crippen MR) is 94.3 cm³/mol. The van der Waals surface area contributed by atoms with Crippen molar-refractivity contribution in [1.82, 2.24) is 0 Å². The molecule has 114 valence electrons. The highest BCUT2D eigenvalue weighted by atomic mass is 31.1. The Hall–Kier alpha value is 0.860. The van der Waals surface area contributed by atoms with Crippen LogP contribution in [0.4, 0.5) is 0 Å². The Morgan fingerprint density at radius 1 is 0.600 bits per heavy atom. The molecule has 4 fully saturated rings. The first-order valence-electron chi connectivity index (χ1n) is 9.33. The summed E-state index contributed by atoms with van der Waals surface area (Å²) in [5.74, 6) is 0. The van der Waals surface area contributed by atoms with Gasteiger partial charge >= 0.3 is 0 Å². The van der Waals surface area contributed by atoms with Crippen molar-refractivity contribution >= 4 is 17.2 Å². The number of rotatable bonds is 3. The Morgan fingerprint density at radius 3 is 1.30 bits per heavy atom. The van der Waals surface area contributed by atoms with Crippen LogP contribution in [0, 0.1) is 0 Å². The zero-order valence-electron chi connectivity index (χ0n) is 13.1. The minimum atomic E-state index is 0.852. The standard InChI is InChI=1S/C18H32P2/c1-5-15-6-2-10-17(9-1,19-15)13-14-18-11-3-7-16(20-18)8-4-12-18/h15-16,19-20H,1-14H2. The lowest BCUT2D eigenvalue weighted by Crippen LogP contribution is -2.39. The number of hydrogen-bond donors (Lipinski definition) is 0. The van der Waals surface area contributed by atoms with Crippen molar-refractivity contribution in [2.45, 2.75) is 112 Å². The van der Waals surface area contributed by atoms with E-state index in [1.54, 1.807) is 89.9 Å². The lowest BCUT2D eigenvalue weighted by atomic mass is 9.80. The molecule has 0 radical (unpaired) electrons. The molecule has 0 spiro atoms. The summed E-state index contributed by atoms with van der Waals surface area (Å²) in [5, 5.41) is 1.70. The van der Waals surface area contributed by atoms with Crippen LogP contribution in [-0.4, -0.2) is 21.6 Å². The highest BCUT2D eigenvalue weighted by Crippen LogP contribution is 2.61. The first-order chi connectivity index (χ1) is 9.78. The first-order valence-corrected chi connectivity index (χ1v) is 11.5. The summed E-state index contributed by atoms with van der Waals surface area (Å²) >= 11 is 0. The lowest BCUT2D eigenvalue weighted by Gasteiger charge is -2.50. The Bertz CT molecular complexity index is 297. The van der Waals surface area contributed by atoms with Gasteiger partial charge in [0.15, 0.2) is 0 Å². The quantitative estimate of drug-likeness (QED) is 0.555. The fraction of sp³-hybridized carbons (Fsp3) is 1.00. The van der Waals surface area contributed by atoms with Crippen LogP contribution >= 0.6 is 17.2 Å². The van der Waals surface area contributed by atoms with Gasteiger partial charge in [-0.1, -0.05) is 25.7 Å². The summed E-state index contributed by atoms with van der Waals surface area (Å²) in [6, 6.07) is 0. The maximum atomic E-state index is 1.63. The minimum Gasteiger partial charge on any atom is -0.112 e. The molecule has 4 rings (SSSR count). The average Bonchev–Trinajstić information content (AvgIpc) is 2.46. The van der Waals surface area contributed by atoms with Crippen LogP contribution in [0.5, 0.6) is 0 Å². The van der Waals surface area contributed by atoms with E-state index >= 15 is 0 Å². The molecule has 4 aliphatic heterocycles. The molecule has 4 saturated heterocycles. The minimum absolute atomic E-state index is 0.852. The maximum absolute atomic E-state index is 1.63. The molecule has 0 amide bonds. The van der Waals surface area contributed by atoms with Gasteiger partial charge < -0.3 is 0 Å². The van der Waals surface area contributed by atoms with Crippen LogP contribution in [0.25, 0.3) is 0 Å². The van der Waals surface area contributed by atoms with Crippen LogP contribution < -0.4 is 0 Å². The molecular weight excluding hydrogens is 278 g/mol. The Labute approximate surface area is 129 Å². The SMILES string of the molecule is C1CC2CCCC(CCC34CCCC(CCC3)P4)(C1)P2. The largest absolute Gasteiger partial charge is 0.112 e. The van der Waals surface area contributed by atoms with Gasteiger partial charge in [-0.05, 0) is 85.8 Å². The van der Waals surface area contributed by atoms with E-state index in [9.17, 15) is 0 Å². The Morgan fingerprint density at radius 2 is 0.950 bits per heavy atom. The molecule has 20 heavy (non-hydrogen) atoms. The van der Waals surface area contributed by atoms with Gasteiger partial charge in [0.25, 0.3) is 0 Å². The fourth-order valence-electron chi connectivity index (χ4n) is 5.85. The van der Waals surface area contributed by atoms with E-state index in [1.165, 1.54) is 17.2 Å². The number of hydrogen-bond acceptors (Lipinski definition) is 0. The van der Waals surface area contributed by atoms with Crippen LogP contribution in [0.2, 0.25) is 0 Å². The summed E-state index contributed by atoms with van der Waals surface area (Å²) < 4.78 is 0. The predicted octanol–water partition coefficient (Wildman–Crippen LogP) is 6.07. The molecule has 0 nitrogen and oxygen atoms in total. The Kier molecular flexibility index (Phi) is 4.20. The molecule has 0 aromatic carbocycles. The highest BCUT2D eigenvalue weighted by molar-refractivity contribution is 7.41. The molecule has 2 heteroatoms. The highest BCUT2D eigenvalue weighted by Gasteiger charge is 2.43. The van der Waals surface area contributed by atoms with Gasteiger partial charge in [-0.2, -0.15) is 0 Å². The molecule has 0 saturated carbocycles. The molecule has 0 N–H and O–H groups in total. The van der Waals surface area contributed by atoms with Gasteiger partial charge in [0, 0.05) is 0 Å². The molecule has 4 heterocycles. The maximum Gasteiger partial charge on any atom is -0.0119 e. The van der Waals surface area contributed by atoms with Crippen LogP contribution in [0.3, 0.4) is 0 Å². The normalized spacial score (nSPS) is 50.4. The Balaban J connectivity index is 1.41. The molecular formula is C18H32P2. The van der Waals surface area contributed by atoms with Gasteiger partial charge in [0.1, 0.15) is 0 Å². The van der Waals surface area contributed by atoms with Crippen molar-refractivity contribution in [2.24, 2.45) is 0 Å². The second-order valence-electron chi connectivity index (χ2n) is 8.31. The van der Waals surface area contributed by atoms with E-state index in [0.717, 1.165) is 21.6 Å². The van der Waals surface area contributed by atoms with Gasteiger partial charge in [0.2, 0.25) is 0 Å². The van der Waals surface area contributed by atoms with Crippen molar-refractivity contribution in [3.63, 3.8) is 0 Å². The second-order valence-corrected chi connectivity index (χ2v) is 12.6. The summed E-state index contributed by atoms with van der Waals surface area (Å²) in [7, 11) is 2.69. The third-order valence-corrected chi connectivity index (χ3v) is 11.6. The average molecular weight is 310 g/mol. The van der Waals surface area contributed by atoms with Crippen molar-refractivity contribution in [3.8, 4) is 0 Å². The van der Waals surface area contributed by atoms with E-state index in [4.69, 9.17) is 0 Å². The zero-order valence-corrected chi connectivity index (χ0v) is 15.1. The van der Waals surface area contributed by atoms with E-state index in [2.05, 4.69) is 0 Å². The van der Waals surface area contributed by atoms with Crippen LogP contribution in [-0.2, 0) is 0 Å². The van der Waals surface area contributed by atoms with Gasteiger partial charge in [-0.3, -0.25) is 0 Å². The second kappa shape index (κ2) is 5.81. The smallest absolute Gasteiger partial charge is 0.0119 e. The molecule has 0 aromatic heterocycles.